The molecule has 8 nitrogen and oxygen atoms in total. The Labute approximate surface area is 171 Å². The van der Waals surface area contributed by atoms with Gasteiger partial charge in [0.05, 0.1) is 11.4 Å². The molecule has 1 aromatic heterocycles. The second-order valence-electron chi connectivity index (χ2n) is 6.57. The molecule has 0 spiro atoms. The minimum absolute atomic E-state index is 0.0383. The van der Waals surface area contributed by atoms with E-state index in [2.05, 4.69) is 4.98 Å². The van der Waals surface area contributed by atoms with Gasteiger partial charge in [-0.3, -0.25) is 19.0 Å². The Hall–Kier alpha value is -2.88. The number of thioether (sulfide) groups is 1. The number of aromatic nitrogens is 2. The van der Waals surface area contributed by atoms with Crippen molar-refractivity contribution in [3.8, 4) is 5.69 Å². The van der Waals surface area contributed by atoms with E-state index in [1.807, 2.05) is 0 Å². The third kappa shape index (κ3) is 5.57. The molecule has 2 amide bonds. The van der Waals surface area contributed by atoms with Crippen molar-refractivity contribution < 1.29 is 23.5 Å². The van der Waals surface area contributed by atoms with Gasteiger partial charge in [0.2, 0.25) is 5.91 Å². The van der Waals surface area contributed by atoms with Crippen LogP contribution in [0.15, 0.2) is 41.8 Å². The first kappa shape index (κ1) is 20.8. The molecular formula is C19H21FN4O4S. The third-order valence-corrected chi connectivity index (χ3v) is 5.56. The third-order valence-electron chi connectivity index (χ3n) is 4.62. The maximum atomic E-state index is 13.4. The van der Waals surface area contributed by atoms with Crippen LogP contribution in [0.3, 0.4) is 0 Å². The molecule has 2 aromatic rings. The van der Waals surface area contributed by atoms with Gasteiger partial charge in [0.15, 0.2) is 11.8 Å². The van der Waals surface area contributed by atoms with E-state index in [1.165, 1.54) is 12.1 Å². The highest BCUT2D eigenvalue weighted by atomic mass is 32.2. The summed E-state index contributed by atoms with van der Waals surface area (Å²) in [6.45, 7) is 0.493. The number of likely N-dealkylation sites (tertiary alicyclic amines) is 1. The summed E-state index contributed by atoms with van der Waals surface area (Å²) in [5.74, 6) is -1.82. The largest absolute Gasteiger partial charge is 0.455 e. The van der Waals surface area contributed by atoms with Gasteiger partial charge in [-0.05, 0) is 31.0 Å². The van der Waals surface area contributed by atoms with E-state index < -0.39 is 5.97 Å². The Balaban J connectivity index is 1.45. The second kappa shape index (κ2) is 9.55. The summed E-state index contributed by atoms with van der Waals surface area (Å²) >= 11 is 1.13. The quantitative estimate of drug-likeness (QED) is 0.536. The van der Waals surface area contributed by atoms with Crippen LogP contribution in [0.2, 0.25) is 0 Å². The lowest BCUT2D eigenvalue weighted by molar-refractivity contribution is -0.150. The molecule has 154 valence electrons. The van der Waals surface area contributed by atoms with Crippen molar-refractivity contribution in [2.24, 2.45) is 11.7 Å². The van der Waals surface area contributed by atoms with E-state index in [1.54, 1.807) is 34.0 Å². The van der Waals surface area contributed by atoms with Crippen LogP contribution >= 0.6 is 11.8 Å². The van der Waals surface area contributed by atoms with Crippen molar-refractivity contribution in [1.29, 1.82) is 0 Å². The van der Waals surface area contributed by atoms with Gasteiger partial charge < -0.3 is 15.4 Å². The van der Waals surface area contributed by atoms with Gasteiger partial charge in [0.1, 0.15) is 5.82 Å². The summed E-state index contributed by atoms with van der Waals surface area (Å²) < 4.78 is 20.1. The predicted molar refractivity (Wildman–Crippen MR) is 104 cm³/mol. The Morgan fingerprint density at radius 3 is 2.72 bits per heavy atom. The molecule has 0 radical (unpaired) electrons. The highest BCUT2D eigenvalue weighted by Crippen LogP contribution is 2.21. The molecule has 0 saturated carbocycles. The minimum atomic E-state index is -0.552. The molecule has 1 aliphatic heterocycles. The molecule has 0 unspecified atom stereocenters. The SMILES string of the molecule is NC(=O)C1CCN(C(=O)COC(=O)CSc2nccn2-c2cccc(F)c2)CC1. The van der Waals surface area contributed by atoms with Gasteiger partial charge in [-0.25, -0.2) is 9.37 Å². The second-order valence-corrected chi connectivity index (χ2v) is 7.51. The van der Waals surface area contributed by atoms with E-state index in [0.717, 1.165) is 11.8 Å². The van der Waals surface area contributed by atoms with E-state index in [9.17, 15) is 18.8 Å². The Morgan fingerprint density at radius 1 is 1.28 bits per heavy atom. The summed E-state index contributed by atoms with van der Waals surface area (Å²) in [4.78, 5) is 41.1. The molecule has 29 heavy (non-hydrogen) atoms. The predicted octanol–water partition coefficient (Wildman–Crippen LogP) is 1.37. The zero-order valence-corrected chi connectivity index (χ0v) is 16.4. The van der Waals surface area contributed by atoms with E-state index >= 15 is 0 Å². The molecule has 1 aliphatic rings. The highest BCUT2D eigenvalue weighted by Gasteiger charge is 2.26. The Bertz CT molecular complexity index is 896. The number of ether oxygens (including phenoxy) is 1. The Kier molecular flexibility index (Phi) is 6.86. The van der Waals surface area contributed by atoms with Gasteiger partial charge in [-0.2, -0.15) is 0 Å². The highest BCUT2D eigenvalue weighted by molar-refractivity contribution is 7.99. The summed E-state index contributed by atoms with van der Waals surface area (Å²) in [5.41, 5.74) is 5.87. The van der Waals surface area contributed by atoms with E-state index in [-0.39, 0.29) is 35.9 Å². The molecule has 0 bridgehead atoms. The van der Waals surface area contributed by atoms with Crippen molar-refractivity contribution in [2.75, 3.05) is 25.4 Å². The minimum Gasteiger partial charge on any atom is -0.455 e. The van der Waals surface area contributed by atoms with Crippen LogP contribution in [-0.4, -0.2) is 57.7 Å². The maximum Gasteiger partial charge on any atom is 0.316 e. The molecule has 1 fully saturated rings. The number of primary amides is 1. The fourth-order valence-electron chi connectivity index (χ4n) is 3.03. The average Bonchev–Trinajstić information content (AvgIpc) is 3.19. The number of hydrogen-bond acceptors (Lipinski definition) is 6. The first-order chi connectivity index (χ1) is 13.9. The van der Waals surface area contributed by atoms with Crippen LogP contribution < -0.4 is 5.73 Å². The normalized spacial score (nSPS) is 14.6. The summed E-state index contributed by atoms with van der Waals surface area (Å²) in [6.07, 6.45) is 4.26. The Morgan fingerprint density at radius 2 is 2.03 bits per heavy atom. The van der Waals surface area contributed by atoms with Crippen LogP contribution in [0.1, 0.15) is 12.8 Å². The standard InChI is InChI=1S/C19H21FN4O4S/c20-14-2-1-3-15(10-14)24-9-6-22-19(24)29-12-17(26)28-11-16(25)23-7-4-13(5-8-23)18(21)27/h1-3,6,9-10,13H,4-5,7-8,11-12H2,(H2,21,27). The van der Waals surface area contributed by atoms with Crippen molar-refractivity contribution in [3.63, 3.8) is 0 Å². The molecule has 1 saturated heterocycles. The van der Waals surface area contributed by atoms with E-state index in [4.69, 9.17) is 10.5 Å². The lowest BCUT2D eigenvalue weighted by Gasteiger charge is -2.30. The molecule has 0 atom stereocenters. The molecule has 2 N–H and O–H groups in total. The number of hydrogen-bond donors (Lipinski definition) is 1. The topological polar surface area (TPSA) is 108 Å². The number of halogens is 1. The first-order valence-electron chi connectivity index (χ1n) is 9.09. The number of carbonyl (C=O) groups is 3. The fraction of sp³-hybridized carbons (Fsp3) is 0.368. The number of amides is 2. The van der Waals surface area contributed by atoms with Crippen molar-refractivity contribution in [2.45, 2.75) is 18.0 Å². The number of piperidine rings is 1. The smallest absolute Gasteiger partial charge is 0.316 e. The number of nitrogens with two attached hydrogens (primary N) is 1. The lowest BCUT2D eigenvalue weighted by atomic mass is 9.96. The summed E-state index contributed by atoms with van der Waals surface area (Å²) in [7, 11) is 0. The van der Waals surface area contributed by atoms with Crippen LogP contribution in [0.5, 0.6) is 0 Å². The monoisotopic (exact) mass is 420 g/mol. The van der Waals surface area contributed by atoms with Crippen molar-refractivity contribution >= 4 is 29.5 Å². The number of nitrogens with zero attached hydrogens (tertiary/aromatic N) is 3. The number of benzene rings is 1. The maximum absolute atomic E-state index is 13.4. The fourth-order valence-corrected chi connectivity index (χ4v) is 3.80. The first-order valence-corrected chi connectivity index (χ1v) is 10.1. The molecule has 0 aliphatic carbocycles. The average molecular weight is 420 g/mol. The molecule has 10 heteroatoms. The summed E-state index contributed by atoms with van der Waals surface area (Å²) in [6, 6.07) is 6.03. The van der Waals surface area contributed by atoms with Crippen LogP contribution in [0.25, 0.3) is 5.69 Å². The number of imidazole rings is 1. The van der Waals surface area contributed by atoms with Gasteiger partial charge >= 0.3 is 5.97 Å². The number of carbonyl (C=O) groups excluding carboxylic acids is 3. The van der Waals surface area contributed by atoms with Crippen molar-refractivity contribution in [1.82, 2.24) is 14.5 Å². The van der Waals surface area contributed by atoms with E-state index in [0.29, 0.717) is 36.8 Å². The zero-order chi connectivity index (χ0) is 20.8. The molecule has 1 aromatic carbocycles. The van der Waals surface area contributed by atoms with Crippen molar-refractivity contribution in [3.05, 3.63) is 42.5 Å². The van der Waals surface area contributed by atoms with Gasteiger partial charge in [0.25, 0.3) is 5.91 Å². The van der Waals surface area contributed by atoms with Crippen LogP contribution in [0.4, 0.5) is 4.39 Å². The van der Waals surface area contributed by atoms with Gasteiger partial charge in [-0.1, -0.05) is 17.8 Å². The molecule has 2 heterocycles. The number of esters is 1. The van der Waals surface area contributed by atoms with Crippen LogP contribution in [-0.2, 0) is 19.1 Å². The summed E-state index contributed by atoms with van der Waals surface area (Å²) in [5, 5.41) is 0.507. The van der Waals surface area contributed by atoms with Gasteiger partial charge in [-0.15, -0.1) is 0 Å². The zero-order valence-electron chi connectivity index (χ0n) is 15.6. The number of rotatable bonds is 7. The molecule has 3 rings (SSSR count). The van der Waals surface area contributed by atoms with Gasteiger partial charge in [0, 0.05) is 31.4 Å². The lowest BCUT2D eigenvalue weighted by Crippen LogP contribution is -2.43. The molecular weight excluding hydrogens is 399 g/mol. The van der Waals surface area contributed by atoms with Crippen LogP contribution in [0, 0.1) is 11.7 Å².